The Balaban J connectivity index is 2.14. The minimum absolute atomic E-state index is 1.05. The van der Waals surface area contributed by atoms with Gasteiger partial charge in [-0.25, -0.2) is 0 Å². The highest BCUT2D eigenvalue weighted by Crippen LogP contribution is 2.29. The number of fused-ring (bicyclic) bond motifs is 1. The van der Waals surface area contributed by atoms with Crippen molar-refractivity contribution in [1.82, 2.24) is 4.58 Å². The zero-order valence-electron chi connectivity index (χ0n) is 7.68. The molecule has 0 atom stereocenters. The van der Waals surface area contributed by atoms with Crippen LogP contribution in [0.4, 0.5) is 11.4 Å². The molecule has 0 aliphatic carbocycles. The maximum absolute atomic E-state index is 2.27. The van der Waals surface area contributed by atoms with Gasteiger partial charge in [-0.3, -0.25) is 0 Å². The van der Waals surface area contributed by atoms with Gasteiger partial charge in [0, 0.05) is 17.7 Å². The van der Waals surface area contributed by atoms with Gasteiger partial charge in [0.1, 0.15) is 0 Å². The van der Waals surface area contributed by atoms with Crippen LogP contribution >= 0.6 is 11.3 Å². The van der Waals surface area contributed by atoms with E-state index in [1.807, 2.05) is 0 Å². The van der Waals surface area contributed by atoms with Gasteiger partial charge < -0.3 is 0 Å². The summed E-state index contributed by atoms with van der Waals surface area (Å²) in [6.45, 7) is 0. The molecule has 2 heteroatoms. The minimum Gasteiger partial charge on any atom is -0.163 e. The fourth-order valence-corrected chi connectivity index (χ4v) is 2.47. The Hall–Kier alpha value is -1.41. The lowest BCUT2D eigenvalue weighted by atomic mass is 10.1. The Morgan fingerprint density at radius 1 is 1.14 bits per heavy atom. The number of rotatable bonds is 1. The molecule has 1 nitrogen and oxygen atoms in total. The van der Waals surface area contributed by atoms with Gasteiger partial charge in [0.15, 0.2) is 6.21 Å². The van der Waals surface area contributed by atoms with Crippen LogP contribution in [0.5, 0.6) is 0 Å². The molecule has 0 bridgehead atoms. The van der Waals surface area contributed by atoms with E-state index in [2.05, 4.69) is 51.9 Å². The monoisotopic (exact) mass is 200 g/mol. The van der Waals surface area contributed by atoms with E-state index in [0.717, 1.165) is 6.42 Å². The van der Waals surface area contributed by atoms with Crippen molar-refractivity contribution in [2.75, 3.05) is 0 Å². The predicted molar refractivity (Wildman–Crippen MR) is 62.0 cm³/mol. The van der Waals surface area contributed by atoms with E-state index < -0.39 is 0 Å². The van der Waals surface area contributed by atoms with E-state index in [9.17, 15) is 0 Å². The molecule has 3 rings (SSSR count). The summed E-state index contributed by atoms with van der Waals surface area (Å²) in [6.07, 6.45) is 3.29. The molecule has 68 valence electrons. The number of benzene rings is 1. The van der Waals surface area contributed by atoms with Crippen molar-refractivity contribution in [2.24, 2.45) is 0 Å². The van der Waals surface area contributed by atoms with Crippen LogP contribution < -0.4 is 4.58 Å². The average molecular weight is 200 g/mol. The van der Waals surface area contributed by atoms with Gasteiger partial charge in [0.25, 0.3) is 0 Å². The highest BCUT2D eigenvalue weighted by Gasteiger charge is 2.22. The third kappa shape index (κ3) is 1.11. The summed E-state index contributed by atoms with van der Waals surface area (Å²) in [5, 5.41) is 4.29. The first-order chi connectivity index (χ1) is 6.95. The van der Waals surface area contributed by atoms with Crippen LogP contribution in [-0.4, -0.2) is 6.21 Å². The molecule has 0 amide bonds. The normalized spacial score (nSPS) is 13.9. The van der Waals surface area contributed by atoms with Crippen LogP contribution in [0, 0.1) is 0 Å². The van der Waals surface area contributed by atoms with Crippen molar-refractivity contribution in [3.05, 3.63) is 46.7 Å². The summed E-state index contributed by atoms with van der Waals surface area (Å²) < 4.78 is 2.27. The van der Waals surface area contributed by atoms with Crippen LogP contribution in [0.25, 0.3) is 0 Å². The molecule has 0 fully saturated rings. The molecule has 0 radical (unpaired) electrons. The molecule has 1 aliphatic rings. The standard InChI is InChI=1S/C12H10NS/c1-2-4-12-10(3-1)5-7-13(12)11-6-8-14-9-11/h1-4,6-9H,5H2/q+1. The third-order valence-electron chi connectivity index (χ3n) is 2.53. The van der Waals surface area contributed by atoms with E-state index in [1.54, 1.807) is 11.3 Å². The number of thiophene rings is 1. The molecular formula is C12H10NS+. The van der Waals surface area contributed by atoms with Gasteiger partial charge in [-0.1, -0.05) is 18.2 Å². The van der Waals surface area contributed by atoms with Gasteiger partial charge in [0.05, 0.1) is 11.8 Å². The number of para-hydroxylation sites is 1. The fourth-order valence-electron chi connectivity index (χ4n) is 1.85. The highest BCUT2D eigenvalue weighted by atomic mass is 32.1. The molecule has 2 heterocycles. The first-order valence-electron chi connectivity index (χ1n) is 4.68. The number of nitrogens with zero attached hydrogens (tertiary/aromatic N) is 1. The van der Waals surface area contributed by atoms with Gasteiger partial charge in [-0.05, 0) is 5.38 Å². The molecule has 0 spiro atoms. The maximum atomic E-state index is 2.27. The fraction of sp³-hybridized carbons (Fsp3) is 0.0833. The lowest BCUT2D eigenvalue weighted by Crippen LogP contribution is -1.98. The van der Waals surface area contributed by atoms with E-state index in [-0.39, 0.29) is 0 Å². The first-order valence-corrected chi connectivity index (χ1v) is 5.62. The van der Waals surface area contributed by atoms with Crippen molar-refractivity contribution in [1.29, 1.82) is 0 Å². The largest absolute Gasteiger partial charge is 0.221 e. The Morgan fingerprint density at radius 3 is 2.93 bits per heavy atom. The summed E-state index contributed by atoms with van der Waals surface area (Å²) >= 11 is 1.74. The molecule has 1 aromatic heterocycles. The number of hydrogen-bond donors (Lipinski definition) is 0. The SMILES string of the molecule is C1=[N+](c2ccsc2)c2ccccc2C1. The molecular weight excluding hydrogens is 190 g/mol. The Bertz CT molecular complexity index is 483. The Labute approximate surface area is 87.0 Å². The average Bonchev–Trinajstić information content (AvgIpc) is 2.85. The summed E-state index contributed by atoms with van der Waals surface area (Å²) in [6, 6.07) is 10.7. The predicted octanol–water partition coefficient (Wildman–Crippen LogP) is 3.21. The summed E-state index contributed by atoms with van der Waals surface area (Å²) in [4.78, 5) is 0. The van der Waals surface area contributed by atoms with Crippen molar-refractivity contribution in [3.63, 3.8) is 0 Å². The Kier molecular flexibility index (Phi) is 1.74. The lowest BCUT2D eigenvalue weighted by Gasteiger charge is -1.95. The van der Waals surface area contributed by atoms with Crippen LogP contribution in [0.1, 0.15) is 5.56 Å². The molecule has 0 saturated heterocycles. The van der Waals surface area contributed by atoms with Crippen LogP contribution in [0.3, 0.4) is 0 Å². The summed E-state index contributed by atoms with van der Waals surface area (Å²) in [5.74, 6) is 0. The lowest BCUT2D eigenvalue weighted by molar-refractivity contribution is 1.12. The smallest absolute Gasteiger partial charge is 0.163 e. The molecule has 0 saturated carbocycles. The van der Waals surface area contributed by atoms with Crippen LogP contribution in [-0.2, 0) is 6.42 Å². The molecule has 14 heavy (non-hydrogen) atoms. The second-order valence-corrected chi connectivity index (χ2v) is 4.15. The van der Waals surface area contributed by atoms with E-state index >= 15 is 0 Å². The van der Waals surface area contributed by atoms with E-state index in [4.69, 9.17) is 0 Å². The van der Waals surface area contributed by atoms with Gasteiger partial charge >= 0.3 is 0 Å². The quantitative estimate of drug-likeness (QED) is 0.622. The van der Waals surface area contributed by atoms with Gasteiger partial charge in [-0.2, -0.15) is 4.58 Å². The Morgan fingerprint density at radius 2 is 2.07 bits per heavy atom. The highest BCUT2D eigenvalue weighted by molar-refractivity contribution is 7.08. The van der Waals surface area contributed by atoms with Gasteiger partial charge in [0.2, 0.25) is 11.4 Å². The van der Waals surface area contributed by atoms with E-state index in [0.29, 0.717) is 0 Å². The molecule has 0 N–H and O–H groups in total. The molecule has 0 unspecified atom stereocenters. The maximum Gasteiger partial charge on any atom is 0.221 e. The summed E-state index contributed by atoms with van der Waals surface area (Å²) in [7, 11) is 0. The third-order valence-corrected chi connectivity index (χ3v) is 3.20. The zero-order valence-corrected chi connectivity index (χ0v) is 8.50. The zero-order chi connectivity index (χ0) is 9.38. The van der Waals surface area contributed by atoms with Crippen LogP contribution in [0.2, 0.25) is 0 Å². The second-order valence-electron chi connectivity index (χ2n) is 3.37. The summed E-state index contributed by atoms with van der Waals surface area (Å²) in [5.41, 5.74) is 4.02. The topological polar surface area (TPSA) is 3.01 Å². The number of hydrogen-bond acceptors (Lipinski definition) is 1. The van der Waals surface area contributed by atoms with Crippen molar-refractivity contribution >= 4 is 28.9 Å². The van der Waals surface area contributed by atoms with Crippen molar-refractivity contribution < 1.29 is 0 Å². The van der Waals surface area contributed by atoms with Crippen molar-refractivity contribution in [3.8, 4) is 0 Å². The second kappa shape index (κ2) is 3.07. The molecule has 2 aromatic rings. The van der Waals surface area contributed by atoms with Gasteiger partial charge in [-0.15, -0.1) is 11.3 Å². The first kappa shape index (κ1) is 7.94. The van der Waals surface area contributed by atoms with Crippen LogP contribution in [0.15, 0.2) is 41.1 Å². The van der Waals surface area contributed by atoms with E-state index in [1.165, 1.54) is 16.9 Å². The molecule has 1 aromatic carbocycles. The van der Waals surface area contributed by atoms with Crippen molar-refractivity contribution in [2.45, 2.75) is 6.42 Å². The molecule has 1 aliphatic heterocycles. The minimum atomic E-state index is 1.05.